The van der Waals surface area contributed by atoms with Gasteiger partial charge in [-0.3, -0.25) is 4.79 Å². The Kier molecular flexibility index (Phi) is 4.39. The molecule has 0 heterocycles. The summed E-state index contributed by atoms with van der Waals surface area (Å²) < 4.78 is 0. The predicted octanol–water partition coefficient (Wildman–Crippen LogP) is 2.18. The molecule has 0 spiro atoms. The van der Waals surface area contributed by atoms with Gasteiger partial charge in [0.25, 0.3) is 0 Å². The number of carboxylic acids is 1. The van der Waals surface area contributed by atoms with E-state index in [0.717, 1.165) is 51.4 Å². The first-order valence-electron chi connectivity index (χ1n) is 5.55. The van der Waals surface area contributed by atoms with Crippen molar-refractivity contribution < 1.29 is 15.0 Å². The average Bonchev–Trinajstić information content (AvgIpc) is 2.62. The maximum Gasteiger partial charge on any atom is 0.309 e. The zero-order valence-corrected chi connectivity index (χ0v) is 8.67. The molecule has 0 amide bonds. The van der Waals surface area contributed by atoms with Gasteiger partial charge in [0.1, 0.15) is 0 Å². The molecule has 1 fully saturated rings. The van der Waals surface area contributed by atoms with E-state index in [1.54, 1.807) is 0 Å². The van der Waals surface area contributed by atoms with E-state index in [1.807, 2.05) is 0 Å². The van der Waals surface area contributed by atoms with Gasteiger partial charge >= 0.3 is 5.97 Å². The van der Waals surface area contributed by atoms with E-state index in [-0.39, 0.29) is 6.61 Å². The molecule has 14 heavy (non-hydrogen) atoms. The van der Waals surface area contributed by atoms with Crippen molar-refractivity contribution in [1.82, 2.24) is 0 Å². The lowest BCUT2D eigenvalue weighted by atomic mass is 9.81. The molecule has 82 valence electrons. The Balaban J connectivity index is 2.33. The van der Waals surface area contributed by atoms with E-state index < -0.39 is 11.4 Å². The highest BCUT2D eigenvalue weighted by atomic mass is 16.4. The van der Waals surface area contributed by atoms with Gasteiger partial charge in [0, 0.05) is 6.61 Å². The highest BCUT2D eigenvalue weighted by molar-refractivity contribution is 5.74. The second-order valence-electron chi connectivity index (χ2n) is 4.33. The minimum absolute atomic E-state index is 0.222. The third-order valence-corrected chi connectivity index (χ3v) is 3.33. The second kappa shape index (κ2) is 5.35. The topological polar surface area (TPSA) is 57.5 Å². The SMILES string of the molecule is O=C(O)C1(CCCCCO)CCCC1. The molecule has 3 heteroatoms. The van der Waals surface area contributed by atoms with Crippen molar-refractivity contribution in [2.24, 2.45) is 5.41 Å². The Hall–Kier alpha value is -0.570. The maximum absolute atomic E-state index is 11.1. The van der Waals surface area contributed by atoms with Crippen LogP contribution in [0.15, 0.2) is 0 Å². The van der Waals surface area contributed by atoms with Gasteiger partial charge in [0.05, 0.1) is 5.41 Å². The van der Waals surface area contributed by atoms with Crippen molar-refractivity contribution in [2.45, 2.75) is 51.4 Å². The summed E-state index contributed by atoms with van der Waals surface area (Å²) in [7, 11) is 0. The van der Waals surface area contributed by atoms with Gasteiger partial charge in [-0.05, 0) is 25.7 Å². The Morgan fingerprint density at radius 1 is 1.14 bits per heavy atom. The van der Waals surface area contributed by atoms with E-state index >= 15 is 0 Å². The van der Waals surface area contributed by atoms with Crippen molar-refractivity contribution in [1.29, 1.82) is 0 Å². The van der Waals surface area contributed by atoms with Crippen LogP contribution < -0.4 is 0 Å². The third kappa shape index (κ3) is 2.71. The van der Waals surface area contributed by atoms with Gasteiger partial charge in [0.2, 0.25) is 0 Å². The summed E-state index contributed by atoms with van der Waals surface area (Å²) >= 11 is 0. The molecular formula is C11H20O3. The van der Waals surface area contributed by atoms with Crippen molar-refractivity contribution in [2.75, 3.05) is 6.61 Å². The predicted molar refractivity (Wildman–Crippen MR) is 54.1 cm³/mol. The Bertz CT molecular complexity index is 183. The molecule has 0 aromatic heterocycles. The molecule has 1 aliphatic carbocycles. The fraction of sp³-hybridized carbons (Fsp3) is 0.909. The fourth-order valence-corrected chi connectivity index (χ4v) is 2.37. The van der Waals surface area contributed by atoms with Crippen LogP contribution in [0.1, 0.15) is 51.4 Å². The van der Waals surface area contributed by atoms with Gasteiger partial charge in [-0.15, -0.1) is 0 Å². The molecule has 0 aromatic carbocycles. The molecule has 3 nitrogen and oxygen atoms in total. The van der Waals surface area contributed by atoms with Crippen molar-refractivity contribution >= 4 is 5.97 Å². The van der Waals surface area contributed by atoms with Crippen LogP contribution in [0, 0.1) is 5.41 Å². The molecular weight excluding hydrogens is 180 g/mol. The van der Waals surface area contributed by atoms with Crippen molar-refractivity contribution in [3.05, 3.63) is 0 Å². The van der Waals surface area contributed by atoms with Gasteiger partial charge in [0.15, 0.2) is 0 Å². The van der Waals surface area contributed by atoms with Gasteiger partial charge < -0.3 is 10.2 Å². The highest BCUT2D eigenvalue weighted by Gasteiger charge is 2.40. The first-order chi connectivity index (χ1) is 6.71. The molecule has 0 bridgehead atoms. The van der Waals surface area contributed by atoms with Crippen LogP contribution in [0.5, 0.6) is 0 Å². The molecule has 0 radical (unpaired) electrons. The number of hydrogen-bond acceptors (Lipinski definition) is 2. The summed E-state index contributed by atoms with van der Waals surface area (Å²) in [4.78, 5) is 11.1. The minimum atomic E-state index is -0.612. The zero-order chi connectivity index (χ0) is 10.4. The number of rotatable bonds is 6. The number of hydrogen-bond donors (Lipinski definition) is 2. The number of aliphatic carboxylic acids is 1. The van der Waals surface area contributed by atoms with Gasteiger partial charge in [-0.1, -0.05) is 25.7 Å². The lowest BCUT2D eigenvalue weighted by molar-refractivity contribution is -0.149. The fourth-order valence-electron chi connectivity index (χ4n) is 2.37. The Morgan fingerprint density at radius 3 is 2.29 bits per heavy atom. The van der Waals surface area contributed by atoms with Crippen molar-refractivity contribution in [3.63, 3.8) is 0 Å². The van der Waals surface area contributed by atoms with E-state index in [4.69, 9.17) is 5.11 Å². The van der Waals surface area contributed by atoms with E-state index in [1.165, 1.54) is 0 Å². The first-order valence-corrected chi connectivity index (χ1v) is 5.55. The smallest absolute Gasteiger partial charge is 0.309 e. The average molecular weight is 200 g/mol. The summed E-state index contributed by atoms with van der Waals surface area (Å²) in [6.07, 6.45) is 7.30. The summed E-state index contributed by atoms with van der Waals surface area (Å²) in [5.41, 5.74) is -0.421. The van der Waals surface area contributed by atoms with Crippen LogP contribution in [0.25, 0.3) is 0 Å². The van der Waals surface area contributed by atoms with Crippen LogP contribution >= 0.6 is 0 Å². The van der Waals surface area contributed by atoms with Crippen LogP contribution in [-0.4, -0.2) is 22.8 Å². The summed E-state index contributed by atoms with van der Waals surface area (Å²) in [6.45, 7) is 0.222. The molecule has 0 aliphatic heterocycles. The molecule has 0 aromatic rings. The molecule has 1 aliphatic rings. The second-order valence-corrected chi connectivity index (χ2v) is 4.33. The summed E-state index contributed by atoms with van der Waals surface area (Å²) in [5, 5.41) is 17.8. The lowest BCUT2D eigenvalue weighted by Crippen LogP contribution is -2.27. The monoisotopic (exact) mass is 200 g/mol. The summed E-state index contributed by atoms with van der Waals surface area (Å²) in [5.74, 6) is -0.612. The van der Waals surface area contributed by atoms with Crippen LogP contribution in [0.4, 0.5) is 0 Å². The lowest BCUT2D eigenvalue weighted by Gasteiger charge is -2.23. The van der Waals surface area contributed by atoms with E-state index in [2.05, 4.69) is 0 Å². The minimum Gasteiger partial charge on any atom is -0.481 e. The first kappa shape index (κ1) is 11.5. The molecule has 0 saturated heterocycles. The number of aliphatic hydroxyl groups excluding tert-OH is 1. The van der Waals surface area contributed by atoms with E-state index in [0.29, 0.717) is 0 Å². The normalized spacial score (nSPS) is 19.8. The largest absolute Gasteiger partial charge is 0.481 e. The third-order valence-electron chi connectivity index (χ3n) is 3.33. The molecule has 1 rings (SSSR count). The zero-order valence-electron chi connectivity index (χ0n) is 8.67. The molecule has 1 saturated carbocycles. The van der Waals surface area contributed by atoms with Gasteiger partial charge in [-0.2, -0.15) is 0 Å². The standard InChI is InChI=1S/C11H20O3/c12-9-5-1-2-6-11(10(13)14)7-3-4-8-11/h12H,1-9H2,(H,13,14). The maximum atomic E-state index is 11.1. The molecule has 0 atom stereocenters. The highest BCUT2D eigenvalue weighted by Crippen LogP contribution is 2.42. The quantitative estimate of drug-likeness (QED) is 0.646. The van der Waals surface area contributed by atoms with Crippen LogP contribution in [-0.2, 0) is 4.79 Å². The number of aliphatic hydroxyl groups is 1. The number of carboxylic acid groups (broad SMARTS) is 1. The summed E-state index contributed by atoms with van der Waals surface area (Å²) in [6, 6.07) is 0. The molecule has 2 N–H and O–H groups in total. The van der Waals surface area contributed by atoms with Gasteiger partial charge in [-0.25, -0.2) is 0 Å². The number of unbranched alkanes of at least 4 members (excludes halogenated alkanes) is 2. The Labute approximate surface area is 85.1 Å². The number of carbonyl (C=O) groups is 1. The van der Waals surface area contributed by atoms with Crippen LogP contribution in [0.2, 0.25) is 0 Å². The Morgan fingerprint density at radius 2 is 1.79 bits per heavy atom. The van der Waals surface area contributed by atoms with Crippen LogP contribution in [0.3, 0.4) is 0 Å². The van der Waals surface area contributed by atoms with E-state index in [9.17, 15) is 9.90 Å². The molecule has 0 unspecified atom stereocenters. The van der Waals surface area contributed by atoms with Crippen molar-refractivity contribution in [3.8, 4) is 0 Å².